The van der Waals surface area contributed by atoms with Crippen LogP contribution < -0.4 is 5.32 Å². The molecule has 70 valence electrons. The van der Waals surface area contributed by atoms with Crippen molar-refractivity contribution in [3.8, 4) is 0 Å². The number of aromatic nitrogens is 2. The summed E-state index contributed by atoms with van der Waals surface area (Å²) in [5.74, 6) is 0. The zero-order valence-corrected chi connectivity index (χ0v) is 8.96. The molecule has 0 unspecified atom stereocenters. The highest BCUT2D eigenvalue weighted by Crippen LogP contribution is 2.30. The first-order chi connectivity index (χ1) is 6.25. The van der Waals surface area contributed by atoms with E-state index in [1.54, 1.807) is 11.8 Å². The molecule has 0 spiro atoms. The normalized spacial score (nSPS) is 17.1. The Bertz CT molecular complexity index is 317. The monoisotopic (exact) mass is 235 g/mol. The molecule has 1 aromatic rings. The van der Waals surface area contributed by atoms with Gasteiger partial charge in [-0.2, -0.15) is 0 Å². The van der Waals surface area contributed by atoms with Crippen molar-refractivity contribution in [3.63, 3.8) is 0 Å². The van der Waals surface area contributed by atoms with Crippen LogP contribution in [0.5, 0.6) is 0 Å². The molecular weight excluding hydrogens is 229 g/mol. The van der Waals surface area contributed by atoms with Gasteiger partial charge in [-0.05, 0) is 11.6 Å². The van der Waals surface area contributed by atoms with Crippen molar-refractivity contribution in [1.82, 2.24) is 15.3 Å². The minimum absolute atomic E-state index is 0.249. The highest BCUT2D eigenvalue weighted by atomic mass is 35.5. The molecule has 3 nitrogen and oxygen atoms in total. The Morgan fingerprint density at radius 3 is 2.85 bits per heavy atom. The van der Waals surface area contributed by atoms with Crippen LogP contribution in [0.4, 0.5) is 0 Å². The van der Waals surface area contributed by atoms with Gasteiger partial charge in [0.05, 0.1) is 11.2 Å². The summed E-state index contributed by atoms with van der Waals surface area (Å²) in [5, 5.41) is 5.33. The highest BCUT2D eigenvalue weighted by molar-refractivity contribution is 8.00. The lowest BCUT2D eigenvalue weighted by Crippen LogP contribution is -2.44. The lowest BCUT2D eigenvalue weighted by Gasteiger charge is -2.25. The van der Waals surface area contributed by atoms with Gasteiger partial charge in [-0.3, -0.25) is 0 Å². The minimum atomic E-state index is 0.249. The maximum atomic E-state index is 5.90. The van der Waals surface area contributed by atoms with Crippen LogP contribution in [-0.4, -0.2) is 28.3 Å². The van der Waals surface area contributed by atoms with Gasteiger partial charge in [0.25, 0.3) is 0 Å². The largest absolute Gasteiger partial charge is 0.314 e. The van der Waals surface area contributed by atoms with Gasteiger partial charge in [0, 0.05) is 18.3 Å². The van der Waals surface area contributed by atoms with Crippen molar-refractivity contribution in [2.45, 2.75) is 10.3 Å². The fourth-order valence-electron chi connectivity index (χ4n) is 0.917. The Kier molecular flexibility index (Phi) is 2.93. The van der Waals surface area contributed by atoms with Gasteiger partial charge in [-0.15, -0.1) is 0 Å². The Hall–Kier alpha value is -0.0300. The summed E-state index contributed by atoms with van der Waals surface area (Å²) in [6.45, 7) is 2.01. The number of nitrogens with zero attached hydrogens (tertiary/aromatic N) is 2. The number of hydrogen-bond donors (Lipinski definition) is 1. The quantitative estimate of drug-likeness (QED) is 0.628. The minimum Gasteiger partial charge on any atom is -0.314 e. The van der Waals surface area contributed by atoms with E-state index < -0.39 is 0 Å². The van der Waals surface area contributed by atoms with Crippen LogP contribution in [-0.2, 0) is 0 Å². The third kappa shape index (κ3) is 2.26. The first kappa shape index (κ1) is 9.52. The third-order valence-corrected chi connectivity index (χ3v) is 3.48. The second-order valence-electron chi connectivity index (χ2n) is 2.69. The maximum Gasteiger partial charge on any atom is 0.223 e. The zero-order valence-electron chi connectivity index (χ0n) is 6.63. The molecule has 0 radical (unpaired) electrons. The van der Waals surface area contributed by atoms with Crippen molar-refractivity contribution in [2.75, 3.05) is 13.1 Å². The maximum absolute atomic E-state index is 5.90. The van der Waals surface area contributed by atoms with Gasteiger partial charge in [0.1, 0.15) is 5.03 Å². The van der Waals surface area contributed by atoms with Crippen LogP contribution in [0, 0.1) is 0 Å². The number of rotatable bonds is 2. The Balaban J connectivity index is 2.13. The Morgan fingerprint density at radius 1 is 1.46 bits per heavy atom. The summed E-state index contributed by atoms with van der Waals surface area (Å²) in [6, 6.07) is 0. The molecule has 1 aliphatic rings. The molecule has 6 heteroatoms. The summed E-state index contributed by atoms with van der Waals surface area (Å²) in [4.78, 5) is 7.84. The number of nitrogens with one attached hydrogen (secondary N) is 1. The predicted molar refractivity (Wildman–Crippen MR) is 54.6 cm³/mol. The van der Waals surface area contributed by atoms with Gasteiger partial charge in [0.2, 0.25) is 5.28 Å². The van der Waals surface area contributed by atoms with E-state index in [2.05, 4.69) is 15.3 Å². The van der Waals surface area contributed by atoms with Crippen LogP contribution in [0.25, 0.3) is 0 Å². The predicted octanol–water partition coefficient (Wildman–Crippen LogP) is 1.85. The van der Waals surface area contributed by atoms with Gasteiger partial charge < -0.3 is 5.32 Å². The molecule has 2 rings (SSSR count). The van der Waals surface area contributed by atoms with Crippen molar-refractivity contribution in [2.24, 2.45) is 0 Å². The molecule has 0 bridgehead atoms. The zero-order chi connectivity index (χ0) is 9.26. The van der Waals surface area contributed by atoms with E-state index in [1.165, 1.54) is 6.20 Å². The van der Waals surface area contributed by atoms with E-state index in [9.17, 15) is 0 Å². The molecule has 1 aromatic heterocycles. The summed E-state index contributed by atoms with van der Waals surface area (Å²) in [5.41, 5.74) is 0. The molecule has 13 heavy (non-hydrogen) atoms. The van der Waals surface area contributed by atoms with Crippen molar-refractivity contribution < 1.29 is 0 Å². The van der Waals surface area contributed by atoms with Crippen LogP contribution >= 0.6 is 35.0 Å². The fourth-order valence-corrected chi connectivity index (χ4v) is 2.35. The summed E-state index contributed by atoms with van der Waals surface area (Å²) in [7, 11) is 0. The fraction of sp³-hybridized carbons (Fsp3) is 0.429. The van der Waals surface area contributed by atoms with Crippen molar-refractivity contribution in [1.29, 1.82) is 0 Å². The van der Waals surface area contributed by atoms with Crippen molar-refractivity contribution >= 4 is 35.0 Å². The molecule has 1 saturated heterocycles. The van der Waals surface area contributed by atoms with Crippen LogP contribution in [0.3, 0.4) is 0 Å². The number of thioether (sulfide) groups is 1. The molecule has 1 N–H and O–H groups in total. The topological polar surface area (TPSA) is 37.8 Å². The van der Waals surface area contributed by atoms with Gasteiger partial charge in [-0.25, -0.2) is 9.97 Å². The second kappa shape index (κ2) is 4.00. The van der Waals surface area contributed by atoms with E-state index in [0.717, 1.165) is 18.1 Å². The summed E-state index contributed by atoms with van der Waals surface area (Å²) >= 11 is 13.2. The first-order valence-electron chi connectivity index (χ1n) is 3.81. The molecule has 0 saturated carbocycles. The standard InChI is InChI=1S/C7H7Cl2N3S/c8-5-3-11-7(9)12-6(5)13-4-1-10-2-4/h3-4,10H,1-2H2. The van der Waals surface area contributed by atoms with Gasteiger partial charge in [-0.1, -0.05) is 23.4 Å². The smallest absolute Gasteiger partial charge is 0.223 e. The molecule has 0 amide bonds. The highest BCUT2D eigenvalue weighted by Gasteiger charge is 2.20. The van der Waals surface area contributed by atoms with E-state index in [4.69, 9.17) is 23.2 Å². The Morgan fingerprint density at radius 2 is 2.23 bits per heavy atom. The molecule has 0 aliphatic carbocycles. The van der Waals surface area contributed by atoms with Gasteiger partial charge >= 0.3 is 0 Å². The van der Waals surface area contributed by atoms with E-state index in [-0.39, 0.29) is 5.28 Å². The van der Waals surface area contributed by atoms with Crippen LogP contribution in [0.15, 0.2) is 11.2 Å². The summed E-state index contributed by atoms with van der Waals surface area (Å²) < 4.78 is 0. The molecule has 1 fully saturated rings. The Labute approximate surface area is 90.2 Å². The SMILES string of the molecule is Clc1ncc(Cl)c(SC2CNC2)n1. The average Bonchev–Trinajstić information content (AvgIpc) is 2.03. The van der Waals surface area contributed by atoms with E-state index >= 15 is 0 Å². The van der Waals surface area contributed by atoms with E-state index in [1.807, 2.05) is 0 Å². The molecular formula is C7H7Cl2N3S. The second-order valence-corrected chi connectivity index (χ2v) is 4.72. The van der Waals surface area contributed by atoms with Crippen LogP contribution in [0.1, 0.15) is 0 Å². The molecule has 2 heterocycles. The van der Waals surface area contributed by atoms with Crippen LogP contribution in [0.2, 0.25) is 10.3 Å². The number of halogens is 2. The molecule has 1 aliphatic heterocycles. The number of hydrogen-bond acceptors (Lipinski definition) is 4. The third-order valence-electron chi connectivity index (χ3n) is 1.70. The lowest BCUT2D eigenvalue weighted by molar-refractivity contribution is 0.543. The van der Waals surface area contributed by atoms with Gasteiger partial charge in [0.15, 0.2) is 0 Å². The average molecular weight is 236 g/mol. The molecule has 0 atom stereocenters. The summed E-state index contributed by atoms with van der Waals surface area (Å²) in [6.07, 6.45) is 1.53. The van der Waals surface area contributed by atoms with Crippen molar-refractivity contribution in [3.05, 3.63) is 16.5 Å². The molecule has 0 aromatic carbocycles. The first-order valence-corrected chi connectivity index (χ1v) is 5.44. The lowest BCUT2D eigenvalue weighted by atomic mass is 10.3. The van der Waals surface area contributed by atoms with E-state index in [0.29, 0.717) is 10.3 Å².